The molecule has 39 heavy (non-hydrogen) atoms. The lowest BCUT2D eigenvalue weighted by Gasteiger charge is -2.30. The van der Waals surface area contributed by atoms with Crippen LogP contribution in [0.15, 0.2) is 107 Å². The maximum Gasteiger partial charge on any atom is 0.253 e. The summed E-state index contributed by atoms with van der Waals surface area (Å²) in [5.41, 5.74) is 4.28. The number of hydrogen-bond acceptors (Lipinski definition) is 7. The fourth-order valence-electron chi connectivity index (χ4n) is 4.89. The molecule has 1 atom stereocenters. The molecule has 0 bridgehead atoms. The Hall–Kier alpha value is -4.89. The summed E-state index contributed by atoms with van der Waals surface area (Å²) in [6.45, 7) is 3.41. The van der Waals surface area contributed by atoms with E-state index in [2.05, 4.69) is 36.5 Å². The molecule has 9 heteroatoms. The summed E-state index contributed by atoms with van der Waals surface area (Å²) in [6, 6.07) is 25.1. The topological polar surface area (TPSA) is 106 Å². The number of nitrogens with zero attached hydrogens (tertiary/aromatic N) is 6. The van der Waals surface area contributed by atoms with Crippen molar-refractivity contribution in [2.75, 3.05) is 0 Å². The maximum atomic E-state index is 13.7. The fraction of sp³-hybridized carbons (Fsp3) is 0.167. The van der Waals surface area contributed by atoms with Crippen molar-refractivity contribution in [3.63, 3.8) is 0 Å². The van der Waals surface area contributed by atoms with Gasteiger partial charge in [-0.05, 0) is 70.3 Å². The summed E-state index contributed by atoms with van der Waals surface area (Å²) in [5.74, 6) is 1.32. The van der Waals surface area contributed by atoms with E-state index in [1.165, 1.54) is 0 Å². The largest absolute Gasteiger partial charge is 0.468 e. The van der Waals surface area contributed by atoms with E-state index in [1.54, 1.807) is 17.1 Å². The number of aryl methyl sites for hydroxylation is 1. The zero-order valence-corrected chi connectivity index (χ0v) is 21.4. The number of furan rings is 1. The molecule has 0 aliphatic carbocycles. The van der Waals surface area contributed by atoms with Crippen LogP contribution in [0, 0.1) is 6.92 Å². The number of rotatable bonds is 9. The van der Waals surface area contributed by atoms with Gasteiger partial charge in [0.15, 0.2) is 5.82 Å². The lowest BCUT2D eigenvalue weighted by atomic mass is 10.0. The predicted molar refractivity (Wildman–Crippen MR) is 147 cm³/mol. The van der Waals surface area contributed by atoms with Gasteiger partial charge in [-0.2, -0.15) is 0 Å². The minimum Gasteiger partial charge on any atom is -0.468 e. The Morgan fingerprint density at radius 2 is 1.85 bits per heavy atom. The van der Waals surface area contributed by atoms with Crippen LogP contribution in [0.1, 0.15) is 39.9 Å². The number of aromatic nitrogens is 6. The van der Waals surface area contributed by atoms with Gasteiger partial charge in [0.1, 0.15) is 11.8 Å². The fourth-order valence-corrected chi connectivity index (χ4v) is 4.89. The molecule has 9 nitrogen and oxygen atoms in total. The van der Waals surface area contributed by atoms with Crippen LogP contribution in [0.25, 0.3) is 10.9 Å². The molecule has 6 aromatic rings. The summed E-state index contributed by atoms with van der Waals surface area (Å²) >= 11 is 0. The first-order chi connectivity index (χ1) is 19.1. The molecule has 4 heterocycles. The number of fused-ring (bicyclic) bond motifs is 1. The molecule has 0 saturated carbocycles. The van der Waals surface area contributed by atoms with E-state index in [0.717, 1.165) is 33.4 Å². The summed E-state index contributed by atoms with van der Waals surface area (Å²) in [5, 5.41) is 13.8. The molecular formula is C30H27N7O2. The molecule has 0 aliphatic heterocycles. The lowest BCUT2D eigenvalue weighted by Crippen LogP contribution is -2.35. The molecule has 1 N–H and O–H groups in total. The highest BCUT2D eigenvalue weighted by Crippen LogP contribution is 2.30. The SMILES string of the molecule is Cc1ccc2[nH]c(=O)c([C@@H](c3nnnn3Cc3ccccc3)N(Cc3cccnc3)Cc3ccco3)cc2c1. The molecule has 0 fully saturated rings. The van der Waals surface area contributed by atoms with Gasteiger partial charge < -0.3 is 9.40 Å². The van der Waals surface area contributed by atoms with Crippen molar-refractivity contribution in [2.24, 2.45) is 0 Å². The van der Waals surface area contributed by atoms with Gasteiger partial charge in [0, 0.05) is 30.0 Å². The number of aromatic amines is 1. The van der Waals surface area contributed by atoms with Crippen LogP contribution < -0.4 is 5.56 Å². The second-order valence-corrected chi connectivity index (χ2v) is 9.57. The van der Waals surface area contributed by atoms with Crippen LogP contribution in [0.2, 0.25) is 0 Å². The van der Waals surface area contributed by atoms with E-state index >= 15 is 0 Å². The summed E-state index contributed by atoms with van der Waals surface area (Å²) in [4.78, 5) is 23.2. The average Bonchev–Trinajstić information content (AvgIpc) is 3.63. The van der Waals surface area contributed by atoms with Gasteiger partial charge in [-0.1, -0.05) is 48.0 Å². The van der Waals surface area contributed by atoms with Gasteiger partial charge >= 0.3 is 0 Å². The van der Waals surface area contributed by atoms with E-state index in [1.807, 2.05) is 85.9 Å². The highest BCUT2D eigenvalue weighted by atomic mass is 16.3. The van der Waals surface area contributed by atoms with E-state index in [0.29, 0.717) is 31.0 Å². The van der Waals surface area contributed by atoms with Crippen LogP contribution in [0.5, 0.6) is 0 Å². The predicted octanol–water partition coefficient (Wildman–Crippen LogP) is 4.65. The van der Waals surface area contributed by atoms with Crippen LogP contribution in [0.4, 0.5) is 0 Å². The van der Waals surface area contributed by atoms with Crippen LogP contribution in [-0.2, 0) is 19.6 Å². The summed E-state index contributed by atoms with van der Waals surface area (Å²) in [6.07, 6.45) is 5.22. The second kappa shape index (κ2) is 10.8. The van der Waals surface area contributed by atoms with Crippen molar-refractivity contribution in [3.8, 4) is 0 Å². The first-order valence-corrected chi connectivity index (χ1v) is 12.7. The highest BCUT2D eigenvalue weighted by molar-refractivity contribution is 5.79. The zero-order chi connectivity index (χ0) is 26.6. The molecule has 194 valence electrons. The van der Waals surface area contributed by atoms with Crippen LogP contribution >= 0.6 is 0 Å². The third-order valence-electron chi connectivity index (χ3n) is 6.72. The number of tetrazole rings is 1. The first kappa shape index (κ1) is 24.4. The first-order valence-electron chi connectivity index (χ1n) is 12.7. The minimum atomic E-state index is -0.581. The number of pyridine rings is 2. The molecular weight excluding hydrogens is 490 g/mol. The van der Waals surface area contributed by atoms with Gasteiger partial charge in [-0.15, -0.1) is 5.10 Å². The average molecular weight is 518 g/mol. The van der Waals surface area contributed by atoms with E-state index in [9.17, 15) is 4.79 Å². The van der Waals surface area contributed by atoms with E-state index in [-0.39, 0.29) is 5.56 Å². The highest BCUT2D eigenvalue weighted by Gasteiger charge is 2.31. The number of hydrogen-bond donors (Lipinski definition) is 1. The van der Waals surface area contributed by atoms with Crippen molar-refractivity contribution in [1.82, 2.24) is 35.1 Å². The third-order valence-corrected chi connectivity index (χ3v) is 6.72. The number of benzene rings is 2. The van der Waals surface area contributed by atoms with Crippen molar-refractivity contribution in [3.05, 3.63) is 142 Å². The van der Waals surface area contributed by atoms with Gasteiger partial charge in [0.05, 0.1) is 19.4 Å². The molecule has 0 radical (unpaired) electrons. The Labute approximate surface area is 224 Å². The van der Waals surface area contributed by atoms with Crippen molar-refractivity contribution in [1.29, 1.82) is 0 Å². The van der Waals surface area contributed by atoms with Crippen molar-refractivity contribution >= 4 is 10.9 Å². The Bertz CT molecular complexity index is 1730. The van der Waals surface area contributed by atoms with Crippen LogP contribution in [0.3, 0.4) is 0 Å². The maximum absolute atomic E-state index is 13.7. The van der Waals surface area contributed by atoms with Crippen molar-refractivity contribution in [2.45, 2.75) is 32.6 Å². The smallest absolute Gasteiger partial charge is 0.253 e. The second-order valence-electron chi connectivity index (χ2n) is 9.57. The summed E-state index contributed by atoms with van der Waals surface area (Å²) < 4.78 is 7.51. The van der Waals surface area contributed by atoms with E-state index < -0.39 is 6.04 Å². The van der Waals surface area contributed by atoms with E-state index in [4.69, 9.17) is 4.42 Å². The van der Waals surface area contributed by atoms with Gasteiger partial charge in [-0.25, -0.2) is 4.68 Å². The summed E-state index contributed by atoms with van der Waals surface area (Å²) in [7, 11) is 0. The number of nitrogens with one attached hydrogen (secondary N) is 1. The lowest BCUT2D eigenvalue weighted by molar-refractivity contribution is 0.179. The zero-order valence-electron chi connectivity index (χ0n) is 21.4. The Balaban J connectivity index is 1.52. The van der Waals surface area contributed by atoms with Gasteiger partial charge in [-0.3, -0.25) is 14.7 Å². The minimum absolute atomic E-state index is 0.193. The molecule has 0 unspecified atom stereocenters. The molecule has 4 aromatic heterocycles. The Kier molecular flexibility index (Phi) is 6.80. The quantitative estimate of drug-likeness (QED) is 0.298. The van der Waals surface area contributed by atoms with Crippen LogP contribution in [-0.4, -0.2) is 35.1 Å². The molecule has 0 amide bonds. The molecule has 0 aliphatic rings. The molecule has 0 spiro atoms. The Morgan fingerprint density at radius 1 is 0.974 bits per heavy atom. The standard InChI is InChI=1S/C30H27N7O2/c1-21-11-12-27-24(15-21)16-26(30(38)32-27)28(29-33-34-35-37(29)19-22-7-3-2-4-8-22)36(20-25-10-6-14-39-25)18-23-9-5-13-31-17-23/h2-17,28H,18-20H2,1H3,(H,32,38)/t28-/m0/s1. The van der Waals surface area contributed by atoms with Crippen molar-refractivity contribution < 1.29 is 4.42 Å². The molecule has 6 rings (SSSR count). The Morgan fingerprint density at radius 3 is 2.64 bits per heavy atom. The van der Waals surface area contributed by atoms with Gasteiger partial charge in [0.2, 0.25) is 0 Å². The van der Waals surface area contributed by atoms with Gasteiger partial charge in [0.25, 0.3) is 5.56 Å². The monoisotopic (exact) mass is 517 g/mol. The molecule has 0 saturated heterocycles. The number of H-pyrrole nitrogens is 1. The third kappa shape index (κ3) is 5.39. The normalized spacial score (nSPS) is 12.3. The molecule has 2 aromatic carbocycles.